The molecule has 0 spiro atoms. The molecule has 0 N–H and O–H groups in total. The Hall–Kier alpha value is -0.450. The summed E-state index contributed by atoms with van der Waals surface area (Å²) in [5, 5.41) is 1.29. The molecule has 3 heterocycles. The Kier molecular flexibility index (Phi) is 3.68. The molecule has 0 radical (unpaired) electrons. The molecule has 2 fully saturated rings. The first-order valence-electron chi connectivity index (χ1n) is 7.15. The second-order valence-corrected chi connectivity index (χ2v) is 6.97. The summed E-state index contributed by atoms with van der Waals surface area (Å²) in [5.41, 5.74) is 0. The van der Waals surface area contributed by atoms with Crippen LogP contribution in [0.2, 0.25) is 0 Å². The Morgan fingerprint density at radius 2 is 2.33 bits per heavy atom. The summed E-state index contributed by atoms with van der Waals surface area (Å²) >= 11 is 1.85. The molecule has 1 aromatic rings. The highest BCUT2D eigenvalue weighted by molar-refractivity contribution is 7.11. The van der Waals surface area contributed by atoms with E-state index in [4.69, 9.17) is 0 Å². The van der Waals surface area contributed by atoms with Gasteiger partial charge in [0, 0.05) is 36.2 Å². The second kappa shape index (κ2) is 5.27. The van der Waals surface area contributed by atoms with E-state index in [0.29, 0.717) is 0 Å². The summed E-state index contributed by atoms with van der Waals surface area (Å²) in [6.45, 7) is 9.37. The third-order valence-corrected chi connectivity index (χ3v) is 5.28. The first-order valence-corrected chi connectivity index (χ1v) is 7.97. The molecule has 2 unspecified atom stereocenters. The first kappa shape index (κ1) is 12.6. The molecule has 0 bridgehead atoms. The van der Waals surface area contributed by atoms with Crippen LogP contribution in [0.15, 0.2) is 6.20 Å². The fourth-order valence-corrected chi connectivity index (χ4v) is 4.19. The minimum Gasteiger partial charge on any atom is -0.298 e. The van der Waals surface area contributed by atoms with Crippen molar-refractivity contribution in [1.82, 2.24) is 14.8 Å². The molecule has 0 saturated carbocycles. The van der Waals surface area contributed by atoms with Gasteiger partial charge < -0.3 is 0 Å². The smallest absolute Gasteiger partial charge is 0.107 e. The Labute approximate surface area is 114 Å². The molecule has 2 aliphatic heterocycles. The molecule has 0 amide bonds. The van der Waals surface area contributed by atoms with Gasteiger partial charge in [-0.2, -0.15) is 0 Å². The van der Waals surface area contributed by atoms with Crippen LogP contribution in [0.1, 0.15) is 36.1 Å². The monoisotopic (exact) mass is 265 g/mol. The minimum atomic E-state index is 0.726. The lowest BCUT2D eigenvalue weighted by molar-refractivity contribution is 0.0437. The van der Waals surface area contributed by atoms with Gasteiger partial charge in [0.05, 0.1) is 6.54 Å². The molecule has 2 atom stereocenters. The maximum Gasteiger partial charge on any atom is 0.107 e. The van der Waals surface area contributed by atoms with Gasteiger partial charge in [0.25, 0.3) is 0 Å². The lowest BCUT2D eigenvalue weighted by Crippen LogP contribution is -2.55. The van der Waals surface area contributed by atoms with Crippen molar-refractivity contribution in [2.75, 3.05) is 19.6 Å². The molecule has 1 aromatic heterocycles. The number of aryl methyl sites for hydroxylation is 1. The highest BCUT2D eigenvalue weighted by Gasteiger charge is 2.35. The highest BCUT2D eigenvalue weighted by Crippen LogP contribution is 2.27. The number of hydrogen-bond acceptors (Lipinski definition) is 4. The van der Waals surface area contributed by atoms with Crippen LogP contribution in [0.3, 0.4) is 0 Å². The van der Waals surface area contributed by atoms with E-state index >= 15 is 0 Å². The number of thiazole rings is 1. The number of rotatable bonds is 3. The fraction of sp³-hybridized carbons (Fsp3) is 0.786. The standard InChI is InChI=1S/C14H23N3S/c1-3-12-8-16-6-4-5-13(16)9-17(12)10-14-15-7-11(2)18-14/h7,12-13H,3-6,8-10H2,1-2H3. The van der Waals surface area contributed by atoms with Gasteiger partial charge in [-0.25, -0.2) is 4.98 Å². The van der Waals surface area contributed by atoms with Gasteiger partial charge in [-0.3, -0.25) is 9.80 Å². The van der Waals surface area contributed by atoms with Gasteiger partial charge in [-0.05, 0) is 32.7 Å². The van der Waals surface area contributed by atoms with Crippen LogP contribution in [0.25, 0.3) is 0 Å². The summed E-state index contributed by atoms with van der Waals surface area (Å²) in [6.07, 6.45) is 6.05. The number of aromatic nitrogens is 1. The van der Waals surface area contributed by atoms with Crippen molar-refractivity contribution >= 4 is 11.3 Å². The molecule has 3 nitrogen and oxygen atoms in total. The lowest BCUT2D eigenvalue weighted by atomic mass is 10.1. The van der Waals surface area contributed by atoms with E-state index in [1.807, 2.05) is 17.5 Å². The Morgan fingerprint density at radius 1 is 1.44 bits per heavy atom. The van der Waals surface area contributed by atoms with Gasteiger partial charge in [0.2, 0.25) is 0 Å². The van der Waals surface area contributed by atoms with Crippen LogP contribution >= 0.6 is 11.3 Å². The van der Waals surface area contributed by atoms with E-state index in [1.165, 1.54) is 48.8 Å². The fourth-order valence-electron chi connectivity index (χ4n) is 3.38. The van der Waals surface area contributed by atoms with E-state index in [9.17, 15) is 0 Å². The van der Waals surface area contributed by atoms with E-state index < -0.39 is 0 Å². The molecule has 2 saturated heterocycles. The van der Waals surface area contributed by atoms with Gasteiger partial charge in [-0.1, -0.05) is 6.92 Å². The topological polar surface area (TPSA) is 19.4 Å². The van der Waals surface area contributed by atoms with Crippen molar-refractivity contribution in [2.24, 2.45) is 0 Å². The summed E-state index contributed by atoms with van der Waals surface area (Å²) in [5.74, 6) is 0. The van der Waals surface area contributed by atoms with E-state index in [-0.39, 0.29) is 0 Å². The third-order valence-electron chi connectivity index (χ3n) is 4.38. The average molecular weight is 265 g/mol. The molecule has 100 valence electrons. The number of fused-ring (bicyclic) bond motifs is 1. The van der Waals surface area contributed by atoms with E-state index in [1.54, 1.807) is 0 Å². The zero-order chi connectivity index (χ0) is 12.5. The van der Waals surface area contributed by atoms with Crippen LogP contribution in [-0.4, -0.2) is 46.5 Å². The van der Waals surface area contributed by atoms with Crippen molar-refractivity contribution in [1.29, 1.82) is 0 Å². The minimum absolute atomic E-state index is 0.726. The van der Waals surface area contributed by atoms with Gasteiger partial charge in [0.15, 0.2) is 0 Å². The van der Waals surface area contributed by atoms with E-state index in [0.717, 1.165) is 18.6 Å². The predicted molar refractivity (Wildman–Crippen MR) is 75.9 cm³/mol. The van der Waals surface area contributed by atoms with Crippen LogP contribution in [0, 0.1) is 6.92 Å². The molecule has 0 aromatic carbocycles. The zero-order valence-corrected chi connectivity index (χ0v) is 12.2. The molecule has 3 rings (SSSR count). The van der Waals surface area contributed by atoms with Crippen LogP contribution in [0.5, 0.6) is 0 Å². The SMILES string of the molecule is CCC1CN2CCCC2CN1Cc1ncc(C)s1. The van der Waals surface area contributed by atoms with Crippen molar-refractivity contribution in [3.63, 3.8) is 0 Å². The van der Waals surface area contributed by atoms with Gasteiger partial charge in [0.1, 0.15) is 5.01 Å². The summed E-state index contributed by atoms with van der Waals surface area (Å²) in [7, 11) is 0. The Balaban J connectivity index is 1.69. The van der Waals surface area contributed by atoms with Crippen LogP contribution in [-0.2, 0) is 6.54 Å². The second-order valence-electron chi connectivity index (χ2n) is 5.65. The number of nitrogens with zero attached hydrogens (tertiary/aromatic N) is 3. The Morgan fingerprint density at radius 3 is 3.06 bits per heavy atom. The van der Waals surface area contributed by atoms with Crippen LogP contribution < -0.4 is 0 Å². The lowest BCUT2D eigenvalue weighted by Gasteiger charge is -2.43. The molecular weight excluding hydrogens is 242 g/mol. The van der Waals surface area contributed by atoms with Crippen LogP contribution in [0.4, 0.5) is 0 Å². The molecule has 0 aliphatic carbocycles. The van der Waals surface area contributed by atoms with Crippen molar-refractivity contribution in [2.45, 2.75) is 51.7 Å². The summed E-state index contributed by atoms with van der Waals surface area (Å²) < 4.78 is 0. The number of piperazine rings is 1. The third kappa shape index (κ3) is 2.46. The van der Waals surface area contributed by atoms with Crippen molar-refractivity contribution in [3.8, 4) is 0 Å². The first-order chi connectivity index (χ1) is 8.76. The normalized spacial score (nSPS) is 29.7. The summed E-state index contributed by atoms with van der Waals surface area (Å²) in [4.78, 5) is 11.2. The maximum atomic E-state index is 4.53. The maximum absolute atomic E-state index is 4.53. The zero-order valence-electron chi connectivity index (χ0n) is 11.4. The van der Waals surface area contributed by atoms with E-state index in [2.05, 4.69) is 28.6 Å². The van der Waals surface area contributed by atoms with Gasteiger partial charge in [-0.15, -0.1) is 11.3 Å². The van der Waals surface area contributed by atoms with Crippen molar-refractivity contribution < 1.29 is 0 Å². The molecule has 4 heteroatoms. The molecular formula is C14H23N3S. The molecule has 2 aliphatic rings. The predicted octanol–water partition coefficient (Wildman–Crippen LogP) is 2.51. The quantitative estimate of drug-likeness (QED) is 0.837. The van der Waals surface area contributed by atoms with Gasteiger partial charge >= 0.3 is 0 Å². The molecule has 18 heavy (non-hydrogen) atoms. The number of hydrogen-bond donors (Lipinski definition) is 0. The summed E-state index contributed by atoms with van der Waals surface area (Å²) in [6, 6.07) is 1.54. The average Bonchev–Trinajstić information content (AvgIpc) is 2.97. The highest BCUT2D eigenvalue weighted by atomic mass is 32.1. The van der Waals surface area contributed by atoms with Crippen molar-refractivity contribution in [3.05, 3.63) is 16.1 Å². The largest absolute Gasteiger partial charge is 0.298 e. The Bertz CT molecular complexity index is 403.